The summed E-state index contributed by atoms with van der Waals surface area (Å²) < 4.78 is 13.2. The number of aromatic nitrogens is 1. The van der Waals surface area contributed by atoms with Gasteiger partial charge in [0.1, 0.15) is 5.82 Å². The van der Waals surface area contributed by atoms with Gasteiger partial charge in [0.05, 0.1) is 0 Å². The van der Waals surface area contributed by atoms with E-state index in [1.54, 1.807) is 12.3 Å². The predicted octanol–water partition coefficient (Wildman–Crippen LogP) is 3.71. The van der Waals surface area contributed by atoms with Gasteiger partial charge in [0.15, 0.2) is 0 Å². The number of rotatable bonds is 1. The van der Waals surface area contributed by atoms with Crippen molar-refractivity contribution in [2.45, 2.75) is 12.8 Å². The topological polar surface area (TPSA) is 12.9 Å². The van der Waals surface area contributed by atoms with Gasteiger partial charge in [0, 0.05) is 12.4 Å². The number of aryl methyl sites for hydroxylation is 1. The van der Waals surface area contributed by atoms with Gasteiger partial charge in [0.2, 0.25) is 0 Å². The fraction of sp³-hybridized carbons (Fsp3) is 0.133. The third-order valence-corrected chi connectivity index (χ3v) is 3.11. The molecule has 0 bridgehead atoms. The highest BCUT2D eigenvalue weighted by molar-refractivity contribution is 5.85. The Morgan fingerprint density at radius 2 is 2.12 bits per heavy atom. The molecule has 0 unspecified atom stereocenters. The Hall–Kier alpha value is -1.96. The molecule has 2 heteroatoms. The molecule has 0 radical (unpaired) electrons. The molecule has 0 atom stereocenters. The fourth-order valence-electron chi connectivity index (χ4n) is 2.28. The summed E-state index contributed by atoms with van der Waals surface area (Å²) in [5.41, 5.74) is 4.56. The number of hydrogen-bond acceptors (Lipinski definition) is 1. The minimum Gasteiger partial charge on any atom is -0.264 e. The van der Waals surface area contributed by atoms with E-state index in [0.29, 0.717) is 0 Å². The second-order valence-electron chi connectivity index (χ2n) is 4.26. The van der Waals surface area contributed by atoms with Gasteiger partial charge in [-0.2, -0.15) is 0 Å². The van der Waals surface area contributed by atoms with Crippen molar-refractivity contribution in [1.29, 1.82) is 0 Å². The molecule has 0 saturated heterocycles. The zero-order valence-electron chi connectivity index (χ0n) is 9.36. The summed E-state index contributed by atoms with van der Waals surface area (Å²) in [6, 6.07) is 8.97. The number of pyridine rings is 1. The van der Waals surface area contributed by atoms with Crippen molar-refractivity contribution in [2.24, 2.45) is 0 Å². The van der Waals surface area contributed by atoms with Crippen molar-refractivity contribution in [2.75, 3.05) is 0 Å². The molecule has 84 valence electrons. The zero-order valence-corrected chi connectivity index (χ0v) is 9.36. The smallest absolute Gasteiger partial charge is 0.123 e. The number of allylic oxidation sites excluding steroid dienone is 1. The Labute approximate surface area is 99.6 Å². The lowest BCUT2D eigenvalue weighted by Gasteiger charge is -2.01. The molecule has 0 N–H and O–H groups in total. The summed E-state index contributed by atoms with van der Waals surface area (Å²) in [4.78, 5) is 4.08. The van der Waals surface area contributed by atoms with Gasteiger partial charge >= 0.3 is 0 Å². The first-order valence-corrected chi connectivity index (χ1v) is 5.72. The molecular formula is C15H12FN. The Kier molecular flexibility index (Phi) is 2.48. The van der Waals surface area contributed by atoms with E-state index in [1.165, 1.54) is 17.2 Å². The van der Waals surface area contributed by atoms with E-state index in [1.807, 2.05) is 24.4 Å². The lowest BCUT2D eigenvalue weighted by molar-refractivity contribution is 0.627. The van der Waals surface area contributed by atoms with Crippen LogP contribution in [0.4, 0.5) is 4.39 Å². The van der Waals surface area contributed by atoms with E-state index in [-0.39, 0.29) is 5.82 Å². The molecule has 0 saturated carbocycles. The number of hydrogen-bond donors (Lipinski definition) is 0. The average molecular weight is 225 g/mol. The van der Waals surface area contributed by atoms with Crippen molar-refractivity contribution in [3.8, 4) is 0 Å². The van der Waals surface area contributed by atoms with Gasteiger partial charge < -0.3 is 0 Å². The zero-order chi connectivity index (χ0) is 11.7. The Morgan fingerprint density at radius 3 is 2.94 bits per heavy atom. The lowest BCUT2D eigenvalue weighted by Crippen LogP contribution is -1.83. The highest BCUT2D eigenvalue weighted by atomic mass is 19.1. The molecule has 1 nitrogen and oxygen atoms in total. The molecule has 0 fully saturated rings. The number of fused-ring (bicyclic) bond motifs is 1. The van der Waals surface area contributed by atoms with Crippen LogP contribution < -0.4 is 0 Å². The summed E-state index contributed by atoms with van der Waals surface area (Å²) in [5, 5.41) is 0. The van der Waals surface area contributed by atoms with Crippen LogP contribution in [0.25, 0.3) is 11.6 Å². The maximum atomic E-state index is 13.2. The van der Waals surface area contributed by atoms with Crippen LogP contribution in [0.2, 0.25) is 0 Å². The quantitative estimate of drug-likeness (QED) is 0.721. The number of halogens is 1. The number of nitrogens with zero attached hydrogens (tertiary/aromatic N) is 1. The molecule has 2 aromatic rings. The highest BCUT2D eigenvalue weighted by Crippen LogP contribution is 2.33. The lowest BCUT2D eigenvalue weighted by atomic mass is 10.1. The van der Waals surface area contributed by atoms with Crippen LogP contribution in [0.15, 0.2) is 42.7 Å². The van der Waals surface area contributed by atoms with E-state index in [4.69, 9.17) is 0 Å². The molecule has 1 aliphatic rings. The minimum atomic E-state index is -0.164. The van der Waals surface area contributed by atoms with Crippen LogP contribution in [0, 0.1) is 5.82 Å². The van der Waals surface area contributed by atoms with E-state index in [0.717, 1.165) is 24.0 Å². The van der Waals surface area contributed by atoms with E-state index in [2.05, 4.69) is 11.1 Å². The summed E-state index contributed by atoms with van der Waals surface area (Å²) in [6.07, 6.45) is 7.65. The number of benzene rings is 1. The van der Waals surface area contributed by atoms with Gasteiger partial charge in [-0.15, -0.1) is 0 Å². The van der Waals surface area contributed by atoms with E-state index in [9.17, 15) is 4.39 Å². The average Bonchev–Trinajstić information content (AvgIpc) is 2.73. The van der Waals surface area contributed by atoms with Crippen molar-refractivity contribution in [1.82, 2.24) is 4.98 Å². The molecule has 0 amide bonds. The molecule has 0 aliphatic heterocycles. The van der Waals surface area contributed by atoms with Crippen LogP contribution in [0.5, 0.6) is 0 Å². The van der Waals surface area contributed by atoms with Gasteiger partial charge in [-0.05, 0) is 59.4 Å². The Morgan fingerprint density at radius 1 is 1.18 bits per heavy atom. The van der Waals surface area contributed by atoms with Crippen LogP contribution in [-0.4, -0.2) is 4.98 Å². The molecule has 1 aromatic carbocycles. The third kappa shape index (κ3) is 1.98. The molecule has 17 heavy (non-hydrogen) atoms. The first-order valence-electron chi connectivity index (χ1n) is 5.72. The first kappa shape index (κ1) is 10.2. The highest BCUT2D eigenvalue weighted by Gasteiger charge is 2.16. The van der Waals surface area contributed by atoms with Crippen LogP contribution in [0.1, 0.15) is 23.1 Å². The normalized spacial score (nSPS) is 16.2. The van der Waals surface area contributed by atoms with Crippen molar-refractivity contribution in [3.05, 3.63) is 65.2 Å². The van der Waals surface area contributed by atoms with Gasteiger partial charge in [-0.25, -0.2) is 4.39 Å². The van der Waals surface area contributed by atoms with Gasteiger partial charge in [-0.1, -0.05) is 12.1 Å². The molecule has 1 heterocycles. The maximum absolute atomic E-state index is 13.2. The van der Waals surface area contributed by atoms with Crippen LogP contribution >= 0.6 is 0 Å². The summed E-state index contributed by atoms with van der Waals surface area (Å²) in [7, 11) is 0. The van der Waals surface area contributed by atoms with Crippen LogP contribution in [-0.2, 0) is 6.42 Å². The molecule has 0 spiro atoms. The summed E-state index contributed by atoms with van der Waals surface area (Å²) >= 11 is 0. The van der Waals surface area contributed by atoms with E-state index < -0.39 is 0 Å². The largest absolute Gasteiger partial charge is 0.264 e. The standard InChI is InChI=1S/C15H12FN/c16-14-6-5-12-3-4-13(15(12)9-14)8-11-2-1-7-17-10-11/h1-2,5-10H,3-4H2. The molecule has 1 aliphatic carbocycles. The van der Waals surface area contributed by atoms with Crippen molar-refractivity contribution in [3.63, 3.8) is 0 Å². The Balaban J connectivity index is 2.04. The maximum Gasteiger partial charge on any atom is 0.123 e. The van der Waals surface area contributed by atoms with E-state index >= 15 is 0 Å². The van der Waals surface area contributed by atoms with Gasteiger partial charge in [0.25, 0.3) is 0 Å². The molecule has 1 aromatic heterocycles. The SMILES string of the molecule is Fc1ccc2c(c1)C(=Cc1cccnc1)CC2. The summed E-state index contributed by atoms with van der Waals surface area (Å²) in [6.45, 7) is 0. The van der Waals surface area contributed by atoms with Crippen molar-refractivity contribution < 1.29 is 4.39 Å². The minimum absolute atomic E-state index is 0.164. The third-order valence-electron chi connectivity index (χ3n) is 3.11. The van der Waals surface area contributed by atoms with Crippen molar-refractivity contribution >= 4 is 11.6 Å². The second-order valence-corrected chi connectivity index (χ2v) is 4.26. The predicted molar refractivity (Wildman–Crippen MR) is 66.8 cm³/mol. The molecule has 3 rings (SSSR count). The fourth-order valence-corrected chi connectivity index (χ4v) is 2.28. The molecular weight excluding hydrogens is 213 g/mol. The van der Waals surface area contributed by atoms with Crippen LogP contribution in [0.3, 0.4) is 0 Å². The summed E-state index contributed by atoms with van der Waals surface area (Å²) in [5.74, 6) is -0.164. The Bertz CT molecular complexity index is 573. The monoisotopic (exact) mass is 225 g/mol. The van der Waals surface area contributed by atoms with Gasteiger partial charge in [-0.3, -0.25) is 4.98 Å². The second kappa shape index (κ2) is 4.13. The first-order chi connectivity index (χ1) is 8.33.